The normalized spacial score (nSPS) is 10.8. The highest BCUT2D eigenvalue weighted by atomic mass is 79.9. The molecule has 0 aliphatic rings. The zero-order valence-corrected chi connectivity index (χ0v) is 19.7. The molecular formula is C24H20BrFN4OS. The Bertz CT molecular complexity index is 1210. The van der Waals surface area contributed by atoms with Crippen molar-refractivity contribution in [3.05, 3.63) is 106 Å². The second-order valence-corrected chi connectivity index (χ2v) is 9.03. The maximum absolute atomic E-state index is 13.2. The number of thioether (sulfide) groups is 1. The van der Waals surface area contributed by atoms with Gasteiger partial charge >= 0.3 is 0 Å². The van der Waals surface area contributed by atoms with Crippen LogP contribution >= 0.6 is 27.7 Å². The van der Waals surface area contributed by atoms with E-state index in [2.05, 4.69) is 31.4 Å². The second kappa shape index (κ2) is 10.1. The largest absolute Gasteiger partial charge is 0.345 e. The highest BCUT2D eigenvalue weighted by molar-refractivity contribution is 9.10. The van der Waals surface area contributed by atoms with Gasteiger partial charge in [0.25, 0.3) is 5.91 Å². The molecule has 0 aliphatic carbocycles. The molecule has 1 amide bonds. The summed E-state index contributed by atoms with van der Waals surface area (Å²) in [5, 5.41) is 12.3. The van der Waals surface area contributed by atoms with Crippen molar-refractivity contribution in [3.63, 3.8) is 0 Å². The maximum atomic E-state index is 13.2. The third-order valence-corrected chi connectivity index (χ3v) is 6.32. The summed E-state index contributed by atoms with van der Waals surface area (Å²) in [6, 6.07) is 21.6. The van der Waals surface area contributed by atoms with E-state index in [-0.39, 0.29) is 18.3 Å². The van der Waals surface area contributed by atoms with Gasteiger partial charge in [-0.15, -0.1) is 10.2 Å². The maximum Gasteiger partial charge on any atom is 0.251 e. The van der Waals surface area contributed by atoms with E-state index in [4.69, 9.17) is 0 Å². The van der Waals surface area contributed by atoms with Crippen molar-refractivity contribution in [1.29, 1.82) is 0 Å². The summed E-state index contributed by atoms with van der Waals surface area (Å²) < 4.78 is 16.0. The molecule has 1 N–H and O–H groups in total. The molecular weight excluding hydrogens is 491 g/mol. The molecule has 0 bridgehead atoms. The Labute approximate surface area is 198 Å². The molecule has 0 saturated carbocycles. The summed E-state index contributed by atoms with van der Waals surface area (Å²) in [6.45, 7) is 2.26. The quantitative estimate of drug-likeness (QED) is 0.324. The van der Waals surface area contributed by atoms with E-state index in [1.807, 2.05) is 47.9 Å². The Kier molecular flexibility index (Phi) is 7.02. The van der Waals surface area contributed by atoms with Crippen molar-refractivity contribution >= 4 is 33.6 Å². The first kappa shape index (κ1) is 22.2. The number of aromatic nitrogens is 3. The number of aryl methyl sites for hydroxylation is 1. The minimum Gasteiger partial charge on any atom is -0.345 e. The predicted molar refractivity (Wildman–Crippen MR) is 127 cm³/mol. The van der Waals surface area contributed by atoms with E-state index in [1.54, 1.807) is 24.3 Å². The Morgan fingerprint density at radius 3 is 2.38 bits per heavy atom. The van der Waals surface area contributed by atoms with E-state index in [0.29, 0.717) is 22.3 Å². The van der Waals surface area contributed by atoms with Crippen LogP contribution < -0.4 is 5.32 Å². The van der Waals surface area contributed by atoms with Gasteiger partial charge in [-0.3, -0.25) is 9.36 Å². The molecule has 32 heavy (non-hydrogen) atoms. The number of nitrogens with one attached hydrogen (secondary N) is 1. The third kappa shape index (κ3) is 5.44. The van der Waals surface area contributed by atoms with Crippen molar-refractivity contribution in [2.75, 3.05) is 0 Å². The summed E-state index contributed by atoms with van der Waals surface area (Å²) in [4.78, 5) is 12.5. The Hall–Kier alpha value is -2.97. The van der Waals surface area contributed by atoms with Crippen molar-refractivity contribution in [1.82, 2.24) is 20.1 Å². The van der Waals surface area contributed by atoms with Crippen molar-refractivity contribution in [2.24, 2.45) is 0 Å². The van der Waals surface area contributed by atoms with Gasteiger partial charge in [-0.05, 0) is 61.0 Å². The number of rotatable bonds is 7. The Morgan fingerprint density at radius 1 is 1.00 bits per heavy atom. The fourth-order valence-electron chi connectivity index (χ4n) is 3.05. The molecule has 0 radical (unpaired) electrons. The molecule has 1 heterocycles. The molecule has 4 aromatic rings. The van der Waals surface area contributed by atoms with Gasteiger partial charge in [0.1, 0.15) is 5.82 Å². The standard InChI is InChI=1S/C24H20BrFN4OS/c1-16-2-12-21(13-3-16)30-22(14-27-23(31)18-6-8-19(25)9-7-18)28-29-24(30)32-15-17-4-10-20(26)11-5-17/h2-13H,14-15H2,1H3,(H,27,31). The SMILES string of the molecule is Cc1ccc(-n2c(CNC(=O)c3ccc(Br)cc3)nnc2SCc2ccc(F)cc2)cc1. The minimum absolute atomic E-state index is 0.184. The number of amides is 1. The van der Waals surface area contributed by atoms with E-state index in [1.165, 1.54) is 23.9 Å². The average Bonchev–Trinajstić information content (AvgIpc) is 3.21. The fourth-order valence-corrected chi connectivity index (χ4v) is 4.24. The van der Waals surface area contributed by atoms with Crippen LogP contribution in [-0.2, 0) is 12.3 Å². The van der Waals surface area contributed by atoms with Crippen LogP contribution in [0.3, 0.4) is 0 Å². The van der Waals surface area contributed by atoms with Crippen molar-refractivity contribution in [2.45, 2.75) is 24.4 Å². The van der Waals surface area contributed by atoms with Crippen LogP contribution in [-0.4, -0.2) is 20.7 Å². The molecule has 0 unspecified atom stereocenters. The first-order chi connectivity index (χ1) is 15.5. The zero-order chi connectivity index (χ0) is 22.5. The molecule has 162 valence electrons. The smallest absolute Gasteiger partial charge is 0.251 e. The van der Waals surface area contributed by atoms with E-state index >= 15 is 0 Å². The number of carbonyl (C=O) groups is 1. The van der Waals surface area contributed by atoms with Gasteiger partial charge in [0.05, 0.1) is 6.54 Å². The Morgan fingerprint density at radius 2 is 1.69 bits per heavy atom. The van der Waals surface area contributed by atoms with E-state index in [9.17, 15) is 9.18 Å². The first-order valence-electron chi connectivity index (χ1n) is 9.92. The van der Waals surface area contributed by atoms with E-state index < -0.39 is 0 Å². The molecule has 0 fully saturated rings. The summed E-state index contributed by atoms with van der Waals surface area (Å²) in [6.07, 6.45) is 0. The Balaban J connectivity index is 1.55. The molecule has 1 aromatic heterocycles. The van der Waals surface area contributed by atoms with Crippen LogP contribution in [0.5, 0.6) is 0 Å². The molecule has 8 heteroatoms. The van der Waals surface area contributed by atoms with Gasteiger partial charge in [0.15, 0.2) is 11.0 Å². The molecule has 0 saturated heterocycles. The van der Waals surface area contributed by atoms with Crippen LogP contribution in [0.15, 0.2) is 82.4 Å². The third-order valence-electron chi connectivity index (χ3n) is 4.79. The van der Waals surface area contributed by atoms with Crippen LogP contribution in [0, 0.1) is 12.7 Å². The van der Waals surface area contributed by atoms with Crippen LogP contribution in [0.4, 0.5) is 4.39 Å². The lowest BCUT2D eigenvalue weighted by Gasteiger charge is -2.11. The van der Waals surface area contributed by atoms with Gasteiger partial charge in [-0.1, -0.05) is 57.5 Å². The number of carbonyl (C=O) groups excluding carboxylic acids is 1. The fraction of sp³-hybridized carbons (Fsp3) is 0.125. The van der Waals surface area contributed by atoms with Gasteiger partial charge in [0, 0.05) is 21.5 Å². The number of hydrogen-bond acceptors (Lipinski definition) is 4. The lowest BCUT2D eigenvalue weighted by molar-refractivity contribution is 0.0949. The zero-order valence-electron chi connectivity index (χ0n) is 17.3. The second-order valence-electron chi connectivity index (χ2n) is 7.17. The lowest BCUT2D eigenvalue weighted by Crippen LogP contribution is -2.24. The first-order valence-corrected chi connectivity index (χ1v) is 11.7. The van der Waals surface area contributed by atoms with Crippen LogP contribution in [0.2, 0.25) is 0 Å². The summed E-state index contributed by atoms with van der Waals surface area (Å²) in [5.41, 5.74) is 3.61. The topological polar surface area (TPSA) is 59.8 Å². The van der Waals surface area contributed by atoms with E-state index in [0.717, 1.165) is 21.3 Å². The number of hydrogen-bond donors (Lipinski definition) is 1. The number of halogens is 2. The van der Waals surface area contributed by atoms with Crippen LogP contribution in [0.1, 0.15) is 27.3 Å². The molecule has 4 rings (SSSR count). The molecule has 3 aromatic carbocycles. The molecule has 5 nitrogen and oxygen atoms in total. The van der Waals surface area contributed by atoms with Gasteiger partial charge in [-0.2, -0.15) is 0 Å². The number of benzene rings is 3. The van der Waals surface area contributed by atoms with Crippen molar-refractivity contribution in [3.8, 4) is 5.69 Å². The summed E-state index contributed by atoms with van der Waals surface area (Å²) in [7, 11) is 0. The summed E-state index contributed by atoms with van der Waals surface area (Å²) >= 11 is 4.88. The van der Waals surface area contributed by atoms with Gasteiger partial charge < -0.3 is 5.32 Å². The van der Waals surface area contributed by atoms with Gasteiger partial charge in [0.2, 0.25) is 0 Å². The lowest BCUT2D eigenvalue weighted by atomic mass is 10.2. The minimum atomic E-state index is -0.259. The van der Waals surface area contributed by atoms with Gasteiger partial charge in [-0.25, -0.2) is 4.39 Å². The number of nitrogens with zero attached hydrogens (tertiary/aromatic N) is 3. The predicted octanol–water partition coefficient (Wildman–Crippen LogP) is 5.70. The molecule has 0 aliphatic heterocycles. The monoisotopic (exact) mass is 510 g/mol. The molecule has 0 atom stereocenters. The highest BCUT2D eigenvalue weighted by Crippen LogP contribution is 2.26. The van der Waals surface area contributed by atoms with Crippen LogP contribution in [0.25, 0.3) is 5.69 Å². The molecule has 0 spiro atoms. The summed E-state index contributed by atoms with van der Waals surface area (Å²) in [5.74, 6) is 0.804. The highest BCUT2D eigenvalue weighted by Gasteiger charge is 2.16. The average molecular weight is 511 g/mol. The van der Waals surface area contributed by atoms with Crippen molar-refractivity contribution < 1.29 is 9.18 Å².